The van der Waals surface area contributed by atoms with Crippen LogP contribution in [0.3, 0.4) is 0 Å². The van der Waals surface area contributed by atoms with E-state index in [1.807, 2.05) is 18.2 Å². The number of ether oxygens (including phenoxy) is 1. The number of carboxylic acid groups (broad SMARTS) is 1. The molecular weight excluding hydrogens is 248 g/mol. The topological polar surface area (TPSA) is 46.5 Å². The van der Waals surface area contributed by atoms with Crippen molar-refractivity contribution in [2.24, 2.45) is 0 Å². The van der Waals surface area contributed by atoms with Crippen LogP contribution < -0.4 is 4.74 Å². The van der Waals surface area contributed by atoms with Gasteiger partial charge in [0.25, 0.3) is 0 Å². The predicted octanol–water partition coefficient (Wildman–Crippen LogP) is 3.02. The molecule has 0 fully saturated rings. The highest BCUT2D eigenvalue weighted by atomic mass is 32.2. The molecule has 2 rings (SSSR count). The number of carbonyl (C=O) groups is 1. The molecule has 1 aromatic carbocycles. The summed E-state index contributed by atoms with van der Waals surface area (Å²) in [6, 6.07) is 5.76. The molecule has 0 saturated heterocycles. The highest BCUT2D eigenvalue weighted by Crippen LogP contribution is 2.50. The zero-order valence-electron chi connectivity index (χ0n) is 11.1. The van der Waals surface area contributed by atoms with Crippen LogP contribution in [-0.4, -0.2) is 23.9 Å². The molecule has 1 aromatic rings. The Balaban J connectivity index is 2.67. The Morgan fingerprint density at radius 2 is 2.00 bits per heavy atom. The Morgan fingerprint density at radius 3 is 2.56 bits per heavy atom. The van der Waals surface area contributed by atoms with E-state index in [0.717, 1.165) is 16.9 Å². The number of aliphatic carboxylic acids is 1. The molecular formula is C14H18O3S. The van der Waals surface area contributed by atoms with Gasteiger partial charge in [-0.1, -0.05) is 19.9 Å². The molecule has 1 aliphatic rings. The van der Waals surface area contributed by atoms with Gasteiger partial charge in [-0.15, -0.1) is 11.8 Å². The molecule has 0 amide bonds. The van der Waals surface area contributed by atoms with Crippen molar-refractivity contribution < 1.29 is 14.6 Å². The minimum absolute atomic E-state index is 0.0127. The third-order valence-electron chi connectivity index (χ3n) is 3.60. The molecule has 4 heteroatoms. The molecule has 1 N–H and O–H groups in total. The smallest absolute Gasteiger partial charge is 0.324 e. The van der Waals surface area contributed by atoms with E-state index < -0.39 is 10.7 Å². The summed E-state index contributed by atoms with van der Waals surface area (Å²) in [4.78, 5) is 11.6. The first kappa shape index (κ1) is 13.3. The Labute approximate surface area is 112 Å². The van der Waals surface area contributed by atoms with Crippen LogP contribution in [0.1, 0.15) is 31.9 Å². The third kappa shape index (κ3) is 1.88. The summed E-state index contributed by atoms with van der Waals surface area (Å²) in [5.74, 6) is 0.715. The number of thioether (sulfide) groups is 1. The van der Waals surface area contributed by atoms with Gasteiger partial charge < -0.3 is 9.84 Å². The van der Waals surface area contributed by atoms with Crippen molar-refractivity contribution in [2.75, 3.05) is 12.9 Å². The summed E-state index contributed by atoms with van der Waals surface area (Å²) in [6.45, 7) is 6.06. The summed E-state index contributed by atoms with van der Waals surface area (Å²) in [5, 5.41) is 9.52. The second-order valence-electron chi connectivity index (χ2n) is 5.42. The minimum atomic E-state index is -0.889. The van der Waals surface area contributed by atoms with Crippen LogP contribution in [0.25, 0.3) is 0 Å². The van der Waals surface area contributed by atoms with Gasteiger partial charge in [0.15, 0.2) is 0 Å². The Hall–Kier alpha value is -1.16. The normalized spacial score (nSPS) is 25.3. The molecule has 98 valence electrons. The summed E-state index contributed by atoms with van der Waals surface area (Å²) in [5.41, 5.74) is 1.95. The number of rotatable bonds is 2. The summed E-state index contributed by atoms with van der Waals surface area (Å²) < 4.78 is 4.33. The summed E-state index contributed by atoms with van der Waals surface area (Å²) in [7, 11) is 1.60. The molecule has 0 radical (unpaired) electrons. The lowest BCUT2D eigenvalue weighted by atomic mass is 9.79. The second kappa shape index (κ2) is 4.19. The van der Waals surface area contributed by atoms with Crippen LogP contribution in [0.5, 0.6) is 5.75 Å². The van der Waals surface area contributed by atoms with E-state index in [2.05, 4.69) is 13.8 Å². The van der Waals surface area contributed by atoms with Gasteiger partial charge in [0.1, 0.15) is 10.5 Å². The van der Waals surface area contributed by atoms with Crippen LogP contribution in [0.15, 0.2) is 18.2 Å². The van der Waals surface area contributed by atoms with Crippen molar-refractivity contribution in [1.29, 1.82) is 0 Å². The quantitative estimate of drug-likeness (QED) is 0.893. The van der Waals surface area contributed by atoms with Gasteiger partial charge in [0.2, 0.25) is 0 Å². The van der Waals surface area contributed by atoms with E-state index in [1.165, 1.54) is 11.8 Å². The van der Waals surface area contributed by atoms with E-state index in [0.29, 0.717) is 5.75 Å². The van der Waals surface area contributed by atoms with Crippen LogP contribution in [0.2, 0.25) is 0 Å². The van der Waals surface area contributed by atoms with Gasteiger partial charge >= 0.3 is 5.97 Å². The monoisotopic (exact) mass is 266 g/mol. The Bertz CT molecular complexity index is 496. The molecule has 1 atom stereocenters. The lowest BCUT2D eigenvalue weighted by Crippen LogP contribution is -2.40. The van der Waals surface area contributed by atoms with Crippen molar-refractivity contribution >= 4 is 17.7 Å². The Kier molecular flexibility index (Phi) is 3.09. The van der Waals surface area contributed by atoms with Gasteiger partial charge in [-0.05, 0) is 35.6 Å². The van der Waals surface area contributed by atoms with Gasteiger partial charge in [-0.3, -0.25) is 4.79 Å². The number of fused-ring (bicyclic) bond motifs is 1. The van der Waals surface area contributed by atoms with Crippen LogP contribution in [0, 0.1) is 0 Å². The number of methoxy groups -OCH3 is 1. The lowest BCUT2D eigenvalue weighted by molar-refractivity contribution is -0.139. The molecule has 1 aliphatic heterocycles. The molecule has 3 nitrogen and oxygen atoms in total. The largest absolute Gasteiger partial charge is 0.497 e. The number of benzene rings is 1. The van der Waals surface area contributed by atoms with Gasteiger partial charge in [0, 0.05) is 5.75 Å². The first-order valence-corrected chi connectivity index (χ1v) is 6.86. The minimum Gasteiger partial charge on any atom is -0.497 e. The fourth-order valence-corrected chi connectivity index (χ4v) is 3.55. The van der Waals surface area contributed by atoms with Crippen molar-refractivity contribution in [1.82, 2.24) is 0 Å². The van der Waals surface area contributed by atoms with Crippen molar-refractivity contribution in [2.45, 2.75) is 30.9 Å². The standard InChI is InChI=1S/C14H18O3S/c1-13(2)8-18-14(3,12(15)16)11-7-9(17-4)5-6-10(11)13/h5-7H,8H2,1-4H3,(H,15,16). The number of hydrogen-bond acceptors (Lipinski definition) is 3. The maximum absolute atomic E-state index is 11.6. The summed E-state index contributed by atoms with van der Waals surface area (Å²) in [6.07, 6.45) is 0. The van der Waals surface area contributed by atoms with E-state index in [4.69, 9.17) is 4.74 Å². The predicted molar refractivity (Wildman–Crippen MR) is 73.5 cm³/mol. The van der Waals surface area contributed by atoms with Crippen LogP contribution >= 0.6 is 11.8 Å². The molecule has 1 unspecified atom stereocenters. The average molecular weight is 266 g/mol. The number of carboxylic acids is 1. The maximum atomic E-state index is 11.6. The van der Waals surface area contributed by atoms with Crippen LogP contribution in [0.4, 0.5) is 0 Å². The molecule has 0 saturated carbocycles. The molecule has 0 aliphatic carbocycles. The third-order valence-corrected chi connectivity index (χ3v) is 5.44. The Morgan fingerprint density at radius 1 is 1.33 bits per heavy atom. The van der Waals surface area contributed by atoms with E-state index >= 15 is 0 Å². The zero-order valence-corrected chi connectivity index (χ0v) is 11.9. The van der Waals surface area contributed by atoms with Crippen molar-refractivity contribution in [3.63, 3.8) is 0 Å². The van der Waals surface area contributed by atoms with E-state index in [1.54, 1.807) is 14.0 Å². The fourth-order valence-electron chi connectivity index (χ4n) is 2.29. The maximum Gasteiger partial charge on any atom is 0.324 e. The molecule has 1 heterocycles. The first-order valence-electron chi connectivity index (χ1n) is 5.87. The molecule has 18 heavy (non-hydrogen) atoms. The average Bonchev–Trinajstić information content (AvgIpc) is 2.34. The van der Waals surface area contributed by atoms with Crippen LogP contribution in [-0.2, 0) is 15.0 Å². The van der Waals surface area contributed by atoms with Crippen molar-refractivity contribution in [3.8, 4) is 5.75 Å². The lowest BCUT2D eigenvalue weighted by Gasteiger charge is -2.40. The van der Waals surface area contributed by atoms with Gasteiger partial charge in [-0.2, -0.15) is 0 Å². The van der Waals surface area contributed by atoms with Crippen molar-refractivity contribution in [3.05, 3.63) is 29.3 Å². The molecule has 0 bridgehead atoms. The highest BCUT2D eigenvalue weighted by Gasteiger charge is 2.45. The molecule has 0 spiro atoms. The molecule has 0 aromatic heterocycles. The fraction of sp³-hybridized carbons (Fsp3) is 0.500. The van der Waals surface area contributed by atoms with Gasteiger partial charge in [-0.25, -0.2) is 0 Å². The zero-order chi connectivity index (χ0) is 13.6. The second-order valence-corrected chi connectivity index (χ2v) is 6.82. The van der Waals surface area contributed by atoms with E-state index in [9.17, 15) is 9.90 Å². The first-order chi connectivity index (χ1) is 8.31. The van der Waals surface area contributed by atoms with Gasteiger partial charge in [0.05, 0.1) is 7.11 Å². The SMILES string of the molecule is COc1ccc2c(c1)C(C)(C(=O)O)SCC2(C)C. The summed E-state index contributed by atoms with van der Waals surface area (Å²) >= 11 is 1.49. The van der Waals surface area contributed by atoms with E-state index in [-0.39, 0.29) is 5.41 Å². The highest BCUT2D eigenvalue weighted by molar-refractivity contribution is 8.01. The number of hydrogen-bond donors (Lipinski definition) is 1.